The van der Waals surface area contributed by atoms with Crippen molar-refractivity contribution in [3.05, 3.63) is 95.9 Å². The number of aromatic amines is 1. The lowest BCUT2D eigenvalue weighted by molar-refractivity contribution is 0.0854. The van der Waals surface area contributed by atoms with Gasteiger partial charge in [0.15, 0.2) is 8.32 Å². The number of hydrogen-bond acceptors (Lipinski definition) is 4. The number of H-pyrrole nitrogens is 1. The van der Waals surface area contributed by atoms with Gasteiger partial charge in [-0.3, -0.25) is 4.98 Å². The molecule has 2 aromatic carbocycles. The third-order valence-corrected chi connectivity index (χ3v) is 12.7. The van der Waals surface area contributed by atoms with Crippen LogP contribution >= 0.6 is 0 Å². The molecule has 212 valence electrons. The molecule has 2 N–H and O–H groups in total. The number of para-hydroxylation sites is 1. The molecule has 2 atom stereocenters. The SMILES string of the molecule is CC[Si](CC)(CC)O[C@H](CN(C(=O)O)[C@H](C)Cc1c[nH]c2c(OCc3ccccc3)cccc12)c1cccnc1. The molecule has 0 aliphatic heterocycles. The average molecular weight is 560 g/mol. The van der Waals surface area contributed by atoms with Gasteiger partial charge in [-0.1, -0.05) is 69.3 Å². The van der Waals surface area contributed by atoms with Crippen LogP contribution in [0.1, 0.15) is 50.5 Å². The number of pyridine rings is 1. The lowest BCUT2D eigenvalue weighted by atomic mass is 10.0. The molecule has 2 aromatic heterocycles. The number of nitrogens with one attached hydrogen (secondary N) is 1. The first-order valence-electron chi connectivity index (χ1n) is 14.2. The highest BCUT2D eigenvalue weighted by molar-refractivity contribution is 6.73. The molecule has 4 rings (SSSR count). The van der Waals surface area contributed by atoms with Crippen LogP contribution in [0.5, 0.6) is 5.75 Å². The van der Waals surface area contributed by atoms with E-state index in [2.05, 4.69) is 36.8 Å². The highest BCUT2D eigenvalue weighted by atomic mass is 28.4. The number of hydrogen-bond donors (Lipinski definition) is 2. The van der Waals surface area contributed by atoms with Gasteiger partial charge in [0, 0.05) is 30.0 Å². The molecule has 0 spiro atoms. The number of ether oxygens (including phenoxy) is 1. The van der Waals surface area contributed by atoms with Crippen LogP contribution < -0.4 is 4.74 Å². The second-order valence-corrected chi connectivity index (χ2v) is 15.1. The first-order chi connectivity index (χ1) is 19.4. The van der Waals surface area contributed by atoms with Crippen molar-refractivity contribution in [1.82, 2.24) is 14.9 Å². The van der Waals surface area contributed by atoms with Crippen LogP contribution in [-0.4, -0.2) is 47.0 Å². The van der Waals surface area contributed by atoms with Crippen molar-refractivity contribution >= 4 is 25.3 Å². The van der Waals surface area contributed by atoms with Crippen molar-refractivity contribution in [3.8, 4) is 5.75 Å². The van der Waals surface area contributed by atoms with Crippen LogP contribution in [-0.2, 0) is 17.5 Å². The third-order valence-electron chi connectivity index (χ3n) is 8.04. The number of rotatable bonds is 14. The quantitative estimate of drug-likeness (QED) is 0.154. The molecule has 0 unspecified atom stereocenters. The summed E-state index contributed by atoms with van der Waals surface area (Å²) >= 11 is 0. The number of benzene rings is 2. The van der Waals surface area contributed by atoms with Crippen molar-refractivity contribution in [2.45, 2.75) is 71.0 Å². The normalized spacial score (nSPS) is 13.2. The summed E-state index contributed by atoms with van der Waals surface area (Å²) in [7, 11) is -2.00. The van der Waals surface area contributed by atoms with E-state index >= 15 is 0 Å². The maximum atomic E-state index is 12.6. The van der Waals surface area contributed by atoms with E-state index < -0.39 is 14.4 Å². The fourth-order valence-corrected chi connectivity index (χ4v) is 8.16. The summed E-state index contributed by atoms with van der Waals surface area (Å²) in [6.07, 6.45) is 4.75. The Kier molecular flexibility index (Phi) is 10.0. The van der Waals surface area contributed by atoms with E-state index in [4.69, 9.17) is 9.16 Å². The van der Waals surface area contributed by atoms with Gasteiger partial charge < -0.3 is 24.2 Å². The Labute approximate surface area is 238 Å². The zero-order valence-corrected chi connectivity index (χ0v) is 25.0. The molecular formula is C32H41N3O4Si. The van der Waals surface area contributed by atoms with Crippen molar-refractivity contribution in [1.29, 1.82) is 0 Å². The number of aromatic nitrogens is 2. The molecule has 8 heteroatoms. The number of fused-ring (bicyclic) bond motifs is 1. The summed E-state index contributed by atoms with van der Waals surface area (Å²) in [5.74, 6) is 0.778. The molecule has 0 saturated heterocycles. The molecule has 1 amide bonds. The lowest BCUT2D eigenvalue weighted by Gasteiger charge is -2.37. The van der Waals surface area contributed by atoms with Crippen LogP contribution in [0.3, 0.4) is 0 Å². The summed E-state index contributed by atoms with van der Waals surface area (Å²) in [4.78, 5) is 21.8. The molecule has 0 radical (unpaired) electrons. The average Bonchev–Trinajstić information content (AvgIpc) is 3.40. The molecule has 0 aliphatic carbocycles. The molecule has 2 heterocycles. The molecular weight excluding hydrogens is 518 g/mol. The Morgan fingerprint density at radius 3 is 2.42 bits per heavy atom. The standard InChI is InChI=1S/C32H41N3O4Si/c1-5-40(6-2,7-3)39-30(26-15-12-18-33-20-26)22-35(32(36)37)24(4)19-27-21-34-31-28(27)16-11-17-29(31)38-23-25-13-9-8-10-14-25/h8-18,20-21,24,30,34H,5-7,19,22-23H2,1-4H3,(H,36,37)/t24-,30-/m1/s1. The van der Waals surface area contributed by atoms with Gasteiger partial charge in [0.05, 0.1) is 18.2 Å². The van der Waals surface area contributed by atoms with Crippen LogP contribution in [0.25, 0.3) is 10.9 Å². The van der Waals surface area contributed by atoms with Gasteiger partial charge in [0.1, 0.15) is 12.4 Å². The predicted octanol–water partition coefficient (Wildman–Crippen LogP) is 7.82. The Hall–Kier alpha value is -3.62. The maximum absolute atomic E-state index is 12.6. The van der Waals surface area contributed by atoms with E-state index in [0.717, 1.165) is 51.5 Å². The highest BCUT2D eigenvalue weighted by Gasteiger charge is 2.35. The van der Waals surface area contributed by atoms with Gasteiger partial charge in [0.2, 0.25) is 0 Å². The number of nitrogens with zero attached hydrogens (tertiary/aromatic N) is 2. The smallest absolute Gasteiger partial charge is 0.407 e. The van der Waals surface area contributed by atoms with Gasteiger partial charge in [0.25, 0.3) is 0 Å². The van der Waals surface area contributed by atoms with E-state index in [-0.39, 0.29) is 18.7 Å². The number of carbonyl (C=O) groups is 1. The minimum atomic E-state index is -2.00. The van der Waals surface area contributed by atoms with Crippen molar-refractivity contribution in [2.24, 2.45) is 0 Å². The summed E-state index contributed by atoms with van der Waals surface area (Å²) in [5.41, 5.74) is 3.99. The zero-order chi connectivity index (χ0) is 28.5. The second kappa shape index (κ2) is 13.6. The van der Waals surface area contributed by atoms with Gasteiger partial charge in [-0.05, 0) is 60.3 Å². The lowest BCUT2D eigenvalue weighted by Crippen LogP contribution is -2.45. The van der Waals surface area contributed by atoms with Crippen LogP contribution in [0.2, 0.25) is 18.1 Å². The minimum absolute atomic E-state index is 0.255. The predicted molar refractivity (Wildman–Crippen MR) is 162 cm³/mol. The summed E-state index contributed by atoms with van der Waals surface area (Å²) < 4.78 is 13.0. The second-order valence-electron chi connectivity index (χ2n) is 10.4. The van der Waals surface area contributed by atoms with Gasteiger partial charge in [-0.25, -0.2) is 4.79 Å². The van der Waals surface area contributed by atoms with Gasteiger partial charge in [-0.15, -0.1) is 0 Å². The van der Waals surface area contributed by atoms with E-state index in [0.29, 0.717) is 13.0 Å². The van der Waals surface area contributed by atoms with E-state index in [1.165, 1.54) is 4.90 Å². The first-order valence-corrected chi connectivity index (χ1v) is 16.8. The first kappa shape index (κ1) is 29.4. The molecule has 7 nitrogen and oxygen atoms in total. The fraction of sp³-hybridized carbons (Fsp3) is 0.375. The van der Waals surface area contributed by atoms with Gasteiger partial charge >= 0.3 is 6.09 Å². The topological polar surface area (TPSA) is 87.7 Å². The third kappa shape index (κ3) is 6.92. The molecule has 40 heavy (non-hydrogen) atoms. The molecule has 0 bridgehead atoms. The van der Waals surface area contributed by atoms with Crippen molar-refractivity contribution < 1.29 is 19.1 Å². The van der Waals surface area contributed by atoms with E-state index in [1.807, 2.05) is 67.7 Å². The highest BCUT2D eigenvalue weighted by Crippen LogP contribution is 2.32. The molecule has 0 fully saturated rings. The van der Waals surface area contributed by atoms with Crippen molar-refractivity contribution in [3.63, 3.8) is 0 Å². The van der Waals surface area contributed by atoms with Crippen LogP contribution in [0, 0.1) is 0 Å². The Morgan fingerprint density at radius 1 is 1.02 bits per heavy atom. The molecule has 0 aliphatic rings. The van der Waals surface area contributed by atoms with E-state index in [9.17, 15) is 9.90 Å². The monoisotopic (exact) mass is 559 g/mol. The maximum Gasteiger partial charge on any atom is 0.407 e. The van der Waals surface area contributed by atoms with Gasteiger partial charge in [-0.2, -0.15) is 0 Å². The largest absolute Gasteiger partial charge is 0.487 e. The van der Waals surface area contributed by atoms with Crippen LogP contribution in [0.4, 0.5) is 4.79 Å². The Bertz CT molecular complexity index is 1350. The van der Waals surface area contributed by atoms with Crippen LogP contribution in [0.15, 0.2) is 79.3 Å². The van der Waals surface area contributed by atoms with Crippen molar-refractivity contribution in [2.75, 3.05) is 6.54 Å². The molecule has 0 saturated carbocycles. The number of amides is 1. The van der Waals surface area contributed by atoms with E-state index in [1.54, 1.807) is 12.4 Å². The fourth-order valence-electron chi connectivity index (χ4n) is 5.34. The molecule has 4 aromatic rings. The summed E-state index contributed by atoms with van der Waals surface area (Å²) in [6.45, 7) is 9.26. The minimum Gasteiger partial charge on any atom is -0.487 e. The number of carboxylic acid groups (broad SMARTS) is 1. The Balaban J connectivity index is 1.54. The summed E-state index contributed by atoms with van der Waals surface area (Å²) in [6, 6.07) is 22.6. The Morgan fingerprint density at radius 2 is 1.77 bits per heavy atom. The zero-order valence-electron chi connectivity index (χ0n) is 24.0. The summed E-state index contributed by atoms with van der Waals surface area (Å²) in [5, 5.41) is 11.4.